The number of hydrogen-bond acceptors (Lipinski definition) is 4. The molecule has 0 aliphatic heterocycles. The number of amides is 1. The Morgan fingerprint density at radius 3 is 2.47 bits per heavy atom. The van der Waals surface area contributed by atoms with Gasteiger partial charge >= 0.3 is 5.97 Å². The van der Waals surface area contributed by atoms with Gasteiger partial charge in [-0.05, 0) is 30.7 Å². The summed E-state index contributed by atoms with van der Waals surface area (Å²) >= 11 is 0. The highest BCUT2D eigenvalue weighted by Gasteiger charge is 2.14. The highest BCUT2D eigenvalue weighted by Crippen LogP contribution is 2.16. The molecule has 4 N–H and O–H groups in total. The van der Waals surface area contributed by atoms with E-state index in [0.717, 1.165) is 0 Å². The number of carboxylic acids is 1. The second kappa shape index (κ2) is 7.38. The van der Waals surface area contributed by atoms with Gasteiger partial charge < -0.3 is 20.9 Å². The molecule has 104 valence electrons. The standard InChI is InChI=1S/C13H18N2O4/c1-2-9(7-14)13(18)15-10-3-5-11(6-4-10)19-8-12(16)17/h3-6,9H,2,7-8,14H2,1H3,(H,15,18)(H,16,17). The molecule has 1 aromatic rings. The van der Waals surface area contributed by atoms with E-state index in [1.165, 1.54) is 0 Å². The number of nitrogens with one attached hydrogen (secondary N) is 1. The van der Waals surface area contributed by atoms with E-state index in [1.54, 1.807) is 24.3 Å². The van der Waals surface area contributed by atoms with Crippen molar-refractivity contribution in [2.24, 2.45) is 11.7 Å². The zero-order valence-electron chi connectivity index (χ0n) is 10.8. The first-order valence-corrected chi connectivity index (χ1v) is 6.02. The van der Waals surface area contributed by atoms with Crippen LogP contribution in [0, 0.1) is 5.92 Å². The van der Waals surface area contributed by atoms with E-state index in [4.69, 9.17) is 15.6 Å². The van der Waals surface area contributed by atoms with E-state index in [1.807, 2.05) is 6.92 Å². The van der Waals surface area contributed by atoms with Crippen molar-refractivity contribution in [3.05, 3.63) is 24.3 Å². The quantitative estimate of drug-likeness (QED) is 0.685. The van der Waals surface area contributed by atoms with Crippen LogP contribution in [0.1, 0.15) is 13.3 Å². The van der Waals surface area contributed by atoms with Gasteiger partial charge in [0.15, 0.2) is 6.61 Å². The number of nitrogens with two attached hydrogens (primary N) is 1. The molecule has 0 aliphatic carbocycles. The molecule has 0 saturated heterocycles. The maximum atomic E-state index is 11.8. The number of carbonyl (C=O) groups is 2. The molecule has 0 saturated carbocycles. The Morgan fingerprint density at radius 2 is 2.00 bits per heavy atom. The predicted molar refractivity (Wildman–Crippen MR) is 71.0 cm³/mol. The molecule has 6 nitrogen and oxygen atoms in total. The van der Waals surface area contributed by atoms with Crippen molar-refractivity contribution in [1.29, 1.82) is 0 Å². The summed E-state index contributed by atoms with van der Waals surface area (Å²) < 4.78 is 4.98. The number of aliphatic carboxylic acids is 1. The topological polar surface area (TPSA) is 102 Å². The minimum absolute atomic E-state index is 0.121. The molecule has 0 heterocycles. The predicted octanol–water partition coefficient (Wildman–Crippen LogP) is 1.07. The van der Waals surface area contributed by atoms with Crippen molar-refractivity contribution in [1.82, 2.24) is 0 Å². The van der Waals surface area contributed by atoms with Gasteiger partial charge in [-0.25, -0.2) is 4.79 Å². The third kappa shape index (κ3) is 4.97. The first-order valence-electron chi connectivity index (χ1n) is 6.02. The second-order valence-electron chi connectivity index (χ2n) is 4.04. The first kappa shape index (κ1) is 15.0. The molecule has 1 rings (SSSR count). The van der Waals surface area contributed by atoms with Crippen molar-refractivity contribution in [2.45, 2.75) is 13.3 Å². The SMILES string of the molecule is CCC(CN)C(=O)Nc1ccc(OCC(=O)O)cc1. The zero-order valence-corrected chi connectivity index (χ0v) is 10.8. The number of rotatable bonds is 7. The van der Waals surface area contributed by atoms with Crippen LogP contribution in [0.3, 0.4) is 0 Å². The smallest absolute Gasteiger partial charge is 0.341 e. The lowest BCUT2D eigenvalue weighted by molar-refractivity contribution is -0.139. The van der Waals surface area contributed by atoms with Crippen molar-refractivity contribution in [3.8, 4) is 5.75 Å². The minimum Gasteiger partial charge on any atom is -0.482 e. The van der Waals surface area contributed by atoms with Gasteiger partial charge in [-0.2, -0.15) is 0 Å². The van der Waals surface area contributed by atoms with E-state index in [0.29, 0.717) is 24.4 Å². The van der Waals surface area contributed by atoms with Gasteiger partial charge in [0.25, 0.3) is 0 Å². The van der Waals surface area contributed by atoms with E-state index >= 15 is 0 Å². The third-order valence-corrected chi connectivity index (χ3v) is 2.63. The van der Waals surface area contributed by atoms with Gasteiger partial charge in [0.2, 0.25) is 5.91 Å². The lowest BCUT2D eigenvalue weighted by atomic mass is 10.1. The summed E-state index contributed by atoms with van der Waals surface area (Å²) in [6.45, 7) is 1.82. The molecule has 0 spiro atoms. The average molecular weight is 266 g/mol. The number of hydrogen-bond donors (Lipinski definition) is 3. The van der Waals surface area contributed by atoms with Crippen molar-refractivity contribution in [2.75, 3.05) is 18.5 Å². The highest BCUT2D eigenvalue weighted by atomic mass is 16.5. The summed E-state index contributed by atoms with van der Waals surface area (Å²) in [6.07, 6.45) is 0.683. The van der Waals surface area contributed by atoms with Crippen LogP contribution in [0.5, 0.6) is 5.75 Å². The molecule has 0 bridgehead atoms. The molecule has 6 heteroatoms. The first-order chi connectivity index (χ1) is 9.06. The minimum atomic E-state index is -1.04. The van der Waals surface area contributed by atoms with Gasteiger partial charge in [-0.1, -0.05) is 6.92 Å². The monoisotopic (exact) mass is 266 g/mol. The number of carbonyl (C=O) groups excluding carboxylic acids is 1. The summed E-state index contributed by atoms with van der Waals surface area (Å²) in [5.41, 5.74) is 6.12. The van der Waals surface area contributed by atoms with E-state index < -0.39 is 12.6 Å². The summed E-state index contributed by atoms with van der Waals surface area (Å²) in [7, 11) is 0. The molecule has 0 aromatic heterocycles. The van der Waals surface area contributed by atoms with Crippen LogP contribution in [0.25, 0.3) is 0 Å². The van der Waals surface area contributed by atoms with Gasteiger partial charge in [0, 0.05) is 12.2 Å². The van der Waals surface area contributed by atoms with Crippen LogP contribution >= 0.6 is 0 Å². The Hall–Kier alpha value is -2.08. The summed E-state index contributed by atoms with van der Waals surface area (Å²) in [5.74, 6) is -0.926. The Labute approximate surface area is 111 Å². The van der Waals surface area contributed by atoms with Gasteiger partial charge in [0.1, 0.15) is 5.75 Å². The van der Waals surface area contributed by atoms with E-state index in [-0.39, 0.29) is 11.8 Å². The van der Waals surface area contributed by atoms with Gasteiger partial charge in [0.05, 0.1) is 5.92 Å². The van der Waals surface area contributed by atoms with Crippen LogP contribution in [0.4, 0.5) is 5.69 Å². The molecular weight excluding hydrogens is 248 g/mol. The maximum Gasteiger partial charge on any atom is 0.341 e. The fraction of sp³-hybridized carbons (Fsp3) is 0.385. The fourth-order valence-electron chi connectivity index (χ4n) is 1.48. The maximum absolute atomic E-state index is 11.8. The van der Waals surface area contributed by atoms with Crippen LogP contribution < -0.4 is 15.8 Å². The molecule has 19 heavy (non-hydrogen) atoms. The van der Waals surface area contributed by atoms with Crippen LogP contribution in [-0.2, 0) is 9.59 Å². The Balaban J connectivity index is 2.56. The zero-order chi connectivity index (χ0) is 14.3. The fourth-order valence-corrected chi connectivity index (χ4v) is 1.48. The number of benzene rings is 1. The summed E-state index contributed by atoms with van der Waals surface area (Å²) in [5, 5.41) is 11.2. The Bertz CT molecular complexity index is 427. The molecule has 1 aromatic carbocycles. The molecule has 0 radical (unpaired) electrons. The van der Waals surface area contributed by atoms with Crippen molar-refractivity contribution in [3.63, 3.8) is 0 Å². The molecule has 0 fully saturated rings. The lowest BCUT2D eigenvalue weighted by Crippen LogP contribution is -2.28. The largest absolute Gasteiger partial charge is 0.482 e. The molecule has 1 unspecified atom stereocenters. The number of anilines is 1. The lowest BCUT2D eigenvalue weighted by Gasteiger charge is -2.13. The Morgan fingerprint density at radius 1 is 1.37 bits per heavy atom. The second-order valence-corrected chi connectivity index (χ2v) is 4.04. The van der Waals surface area contributed by atoms with Crippen LogP contribution in [-0.4, -0.2) is 30.1 Å². The van der Waals surface area contributed by atoms with E-state index in [2.05, 4.69) is 5.32 Å². The summed E-state index contributed by atoms with van der Waals surface area (Å²) in [6, 6.07) is 6.50. The average Bonchev–Trinajstić information content (AvgIpc) is 2.39. The Kier molecular flexibility index (Phi) is 5.81. The van der Waals surface area contributed by atoms with Gasteiger partial charge in [-0.3, -0.25) is 4.79 Å². The molecule has 1 amide bonds. The molecule has 0 aliphatic rings. The third-order valence-electron chi connectivity index (χ3n) is 2.63. The van der Waals surface area contributed by atoms with Gasteiger partial charge in [-0.15, -0.1) is 0 Å². The normalized spacial score (nSPS) is 11.7. The number of carboxylic acid groups (broad SMARTS) is 1. The highest BCUT2D eigenvalue weighted by molar-refractivity contribution is 5.92. The summed E-state index contributed by atoms with van der Waals surface area (Å²) in [4.78, 5) is 22.1. The molecular formula is C13H18N2O4. The van der Waals surface area contributed by atoms with Crippen molar-refractivity contribution >= 4 is 17.6 Å². The van der Waals surface area contributed by atoms with Crippen LogP contribution in [0.15, 0.2) is 24.3 Å². The van der Waals surface area contributed by atoms with Crippen molar-refractivity contribution < 1.29 is 19.4 Å². The number of ether oxygens (including phenoxy) is 1. The molecule has 1 atom stereocenters. The van der Waals surface area contributed by atoms with E-state index in [9.17, 15) is 9.59 Å². The van der Waals surface area contributed by atoms with Crippen LogP contribution in [0.2, 0.25) is 0 Å².